The number of hydrogen-bond acceptors (Lipinski definition) is 8. The molecule has 2 aromatic carbocycles. The molecule has 8 heteroatoms. The first-order chi connectivity index (χ1) is 18.2. The molecule has 5 rings (SSSR count). The van der Waals surface area contributed by atoms with Crippen LogP contribution in [0.5, 0.6) is 11.6 Å². The molecule has 2 aromatic heterocycles. The summed E-state index contributed by atoms with van der Waals surface area (Å²) in [6.45, 7) is 2.33. The minimum absolute atomic E-state index is 0.171. The van der Waals surface area contributed by atoms with E-state index in [-0.39, 0.29) is 12.0 Å². The highest BCUT2D eigenvalue weighted by Crippen LogP contribution is 2.43. The van der Waals surface area contributed by atoms with Crippen LogP contribution in [0.15, 0.2) is 65.3 Å². The van der Waals surface area contributed by atoms with Gasteiger partial charge in [0.1, 0.15) is 29.8 Å². The molecule has 0 amide bonds. The van der Waals surface area contributed by atoms with Crippen LogP contribution in [0.4, 0.5) is 0 Å². The first-order valence-electron chi connectivity index (χ1n) is 12.6. The summed E-state index contributed by atoms with van der Waals surface area (Å²) in [7, 11) is 3.08. The fourth-order valence-electron chi connectivity index (χ4n) is 4.92. The standard InChI is InChI=1S/C29H31N3O5/c1-34-23-14-12-20(13-15-23)25-26-28(30-19-31-29(26)37-27(25)21-8-4-3-5-9-21)36-18-22-10-6-16-32(22)17-7-11-24(33)35-2/h3-5,8-9,12-15,19,22H,6-7,10-11,16-18H2,1-2H3. The SMILES string of the molecule is COC(=O)CCCN1CCCC1COc1ncnc2oc(-c3ccccc3)c(-c3ccc(OC)cc3)c12. The number of rotatable bonds is 10. The molecule has 0 saturated carbocycles. The van der Waals surface area contributed by atoms with Gasteiger partial charge in [0.15, 0.2) is 0 Å². The van der Waals surface area contributed by atoms with E-state index in [1.807, 2.05) is 54.6 Å². The maximum absolute atomic E-state index is 11.5. The fourth-order valence-corrected chi connectivity index (χ4v) is 4.92. The third kappa shape index (κ3) is 5.44. The zero-order chi connectivity index (χ0) is 25.6. The number of esters is 1. The van der Waals surface area contributed by atoms with E-state index in [4.69, 9.17) is 18.6 Å². The van der Waals surface area contributed by atoms with Gasteiger partial charge >= 0.3 is 5.97 Å². The summed E-state index contributed by atoms with van der Waals surface area (Å²) < 4.78 is 22.8. The van der Waals surface area contributed by atoms with E-state index in [0.717, 1.165) is 65.9 Å². The van der Waals surface area contributed by atoms with E-state index in [1.54, 1.807) is 7.11 Å². The van der Waals surface area contributed by atoms with Crippen molar-refractivity contribution < 1.29 is 23.4 Å². The van der Waals surface area contributed by atoms with Gasteiger partial charge < -0.3 is 18.6 Å². The van der Waals surface area contributed by atoms with Crippen molar-refractivity contribution in [1.29, 1.82) is 0 Å². The van der Waals surface area contributed by atoms with Crippen molar-refractivity contribution in [2.24, 2.45) is 0 Å². The molecule has 3 heterocycles. The van der Waals surface area contributed by atoms with Crippen molar-refractivity contribution in [3.63, 3.8) is 0 Å². The van der Waals surface area contributed by atoms with Crippen LogP contribution in [-0.2, 0) is 9.53 Å². The molecule has 8 nitrogen and oxygen atoms in total. The smallest absolute Gasteiger partial charge is 0.305 e. The minimum atomic E-state index is -0.171. The molecule has 0 spiro atoms. The number of aromatic nitrogens is 2. The lowest BCUT2D eigenvalue weighted by Gasteiger charge is -2.24. The topological polar surface area (TPSA) is 86.9 Å². The molecule has 1 atom stereocenters. The maximum Gasteiger partial charge on any atom is 0.305 e. The number of nitrogens with zero attached hydrogens (tertiary/aromatic N) is 3. The van der Waals surface area contributed by atoms with Gasteiger partial charge in [0, 0.05) is 23.6 Å². The quantitative estimate of drug-likeness (QED) is 0.268. The highest BCUT2D eigenvalue weighted by molar-refractivity contribution is 6.03. The Kier molecular flexibility index (Phi) is 7.65. The van der Waals surface area contributed by atoms with Gasteiger partial charge in [0.25, 0.3) is 0 Å². The minimum Gasteiger partial charge on any atom is -0.497 e. The lowest BCUT2D eigenvalue weighted by atomic mass is 9.99. The van der Waals surface area contributed by atoms with E-state index < -0.39 is 0 Å². The van der Waals surface area contributed by atoms with Crippen LogP contribution < -0.4 is 9.47 Å². The molecule has 0 bridgehead atoms. The van der Waals surface area contributed by atoms with Gasteiger partial charge in [0.05, 0.1) is 14.2 Å². The van der Waals surface area contributed by atoms with Crippen molar-refractivity contribution in [2.45, 2.75) is 31.7 Å². The number of fused-ring (bicyclic) bond motifs is 1. The van der Waals surface area contributed by atoms with Crippen LogP contribution in [0.2, 0.25) is 0 Å². The molecule has 4 aromatic rings. The molecule has 1 unspecified atom stereocenters. The van der Waals surface area contributed by atoms with Crippen LogP contribution in [0.1, 0.15) is 25.7 Å². The summed E-state index contributed by atoms with van der Waals surface area (Å²) in [6, 6.07) is 18.1. The van der Waals surface area contributed by atoms with E-state index in [2.05, 4.69) is 14.9 Å². The molecular weight excluding hydrogens is 470 g/mol. The van der Waals surface area contributed by atoms with Gasteiger partial charge in [-0.25, -0.2) is 9.97 Å². The number of carbonyl (C=O) groups is 1. The van der Waals surface area contributed by atoms with Crippen LogP contribution in [0, 0.1) is 0 Å². The Morgan fingerprint density at radius 3 is 2.62 bits per heavy atom. The van der Waals surface area contributed by atoms with Gasteiger partial charge in [-0.15, -0.1) is 0 Å². The predicted molar refractivity (Wildman–Crippen MR) is 141 cm³/mol. The number of hydrogen-bond donors (Lipinski definition) is 0. The molecule has 0 aliphatic carbocycles. The number of likely N-dealkylation sites (tertiary alicyclic amines) is 1. The van der Waals surface area contributed by atoms with E-state index in [0.29, 0.717) is 24.6 Å². The Bertz CT molecular complexity index is 1340. The summed E-state index contributed by atoms with van der Waals surface area (Å²) in [6.07, 6.45) is 4.82. The van der Waals surface area contributed by atoms with Crippen LogP contribution in [0.3, 0.4) is 0 Å². The summed E-state index contributed by atoms with van der Waals surface area (Å²) >= 11 is 0. The third-order valence-electron chi connectivity index (χ3n) is 6.83. The molecule has 37 heavy (non-hydrogen) atoms. The Labute approximate surface area is 216 Å². The van der Waals surface area contributed by atoms with Crippen LogP contribution in [-0.4, -0.2) is 60.8 Å². The lowest BCUT2D eigenvalue weighted by Crippen LogP contribution is -2.35. The first-order valence-corrected chi connectivity index (χ1v) is 12.6. The number of ether oxygens (including phenoxy) is 3. The lowest BCUT2D eigenvalue weighted by molar-refractivity contribution is -0.140. The molecule has 1 fully saturated rings. The van der Waals surface area contributed by atoms with Crippen molar-refractivity contribution >= 4 is 17.1 Å². The van der Waals surface area contributed by atoms with Gasteiger partial charge in [-0.2, -0.15) is 0 Å². The van der Waals surface area contributed by atoms with E-state index in [1.165, 1.54) is 13.4 Å². The molecule has 0 radical (unpaired) electrons. The molecule has 192 valence electrons. The number of carbonyl (C=O) groups excluding carboxylic acids is 1. The number of benzene rings is 2. The van der Waals surface area contributed by atoms with Crippen molar-refractivity contribution in [2.75, 3.05) is 33.9 Å². The van der Waals surface area contributed by atoms with Gasteiger partial charge in [-0.1, -0.05) is 42.5 Å². The number of methoxy groups -OCH3 is 2. The van der Waals surface area contributed by atoms with E-state index in [9.17, 15) is 4.79 Å². The maximum atomic E-state index is 11.5. The van der Waals surface area contributed by atoms with Crippen LogP contribution >= 0.6 is 0 Å². The zero-order valence-corrected chi connectivity index (χ0v) is 21.2. The summed E-state index contributed by atoms with van der Waals surface area (Å²) in [5.41, 5.74) is 3.28. The predicted octanol–water partition coefficient (Wildman–Crippen LogP) is 5.36. The molecule has 1 aliphatic heterocycles. The Morgan fingerprint density at radius 2 is 1.86 bits per heavy atom. The second-order valence-corrected chi connectivity index (χ2v) is 9.08. The van der Waals surface area contributed by atoms with E-state index >= 15 is 0 Å². The normalized spacial score (nSPS) is 15.7. The fraction of sp³-hybridized carbons (Fsp3) is 0.345. The molecule has 1 saturated heterocycles. The van der Waals surface area contributed by atoms with Gasteiger partial charge in [-0.3, -0.25) is 9.69 Å². The second kappa shape index (κ2) is 11.4. The van der Waals surface area contributed by atoms with Gasteiger partial charge in [-0.05, 0) is 50.0 Å². The molecule has 0 N–H and O–H groups in total. The molecule has 1 aliphatic rings. The zero-order valence-electron chi connectivity index (χ0n) is 21.2. The first kappa shape index (κ1) is 24.8. The van der Waals surface area contributed by atoms with Crippen molar-refractivity contribution in [3.05, 3.63) is 60.9 Å². The average Bonchev–Trinajstić information content (AvgIpc) is 3.57. The Morgan fingerprint density at radius 1 is 1.05 bits per heavy atom. The van der Waals surface area contributed by atoms with Crippen molar-refractivity contribution in [1.82, 2.24) is 14.9 Å². The Hall–Kier alpha value is -3.91. The largest absolute Gasteiger partial charge is 0.497 e. The summed E-state index contributed by atoms with van der Waals surface area (Å²) in [5, 5.41) is 0.752. The Balaban J connectivity index is 1.45. The van der Waals surface area contributed by atoms with Gasteiger partial charge in [0.2, 0.25) is 11.6 Å². The monoisotopic (exact) mass is 501 g/mol. The van der Waals surface area contributed by atoms with Crippen LogP contribution in [0.25, 0.3) is 33.6 Å². The highest BCUT2D eigenvalue weighted by atomic mass is 16.5. The number of furan rings is 1. The average molecular weight is 502 g/mol. The third-order valence-corrected chi connectivity index (χ3v) is 6.83. The summed E-state index contributed by atoms with van der Waals surface area (Å²) in [5.74, 6) is 1.83. The summed E-state index contributed by atoms with van der Waals surface area (Å²) in [4.78, 5) is 22.8. The molecular formula is C29H31N3O5. The highest BCUT2D eigenvalue weighted by Gasteiger charge is 2.27. The second-order valence-electron chi connectivity index (χ2n) is 9.08. The van der Waals surface area contributed by atoms with Crippen molar-refractivity contribution in [3.8, 4) is 34.1 Å².